The molecule has 94 valence electrons. The van der Waals surface area contributed by atoms with E-state index in [2.05, 4.69) is 34.1 Å². The van der Waals surface area contributed by atoms with Crippen LogP contribution in [0, 0.1) is 5.92 Å². The fourth-order valence-electron chi connectivity index (χ4n) is 2.41. The molecule has 0 amide bonds. The minimum absolute atomic E-state index is 0.744. The van der Waals surface area contributed by atoms with Crippen LogP contribution in [0.15, 0.2) is 6.33 Å². The Kier molecular flexibility index (Phi) is 3.78. The van der Waals surface area contributed by atoms with Crippen LogP contribution in [0.4, 0.5) is 11.6 Å². The normalized spacial score (nSPS) is 19.7. The van der Waals surface area contributed by atoms with Gasteiger partial charge in [-0.25, -0.2) is 15.8 Å². The number of anilines is 2. The Labute approximate surface area is 102 Å². The molecule has 2 heterocycles. The molecule has 0 bridgehead atoms. The van der Waals surface area contributed by atoms with E-state index in [9.17, 15) is 0 Å². The van der Waals surface area contributed by atoms with E-state index in [-0.39, 0.29) is 0 Å². The lowest BCUT2D eigenvalue weighted by Gasteiger charge is -2.21. The van der Waals surface area contributed by atoms with Gasteiger partial charge in [0.05, 0.1) is 0 Å². The second-order valence-electron chi connectivity index (χ2n) is 4.76. The van der Waals surface area contributed by atoms with Gasteiger partial charge in [-0.2, -0.15) is 0 Å². The standard InChI is InChI=1S/C12H21N5/c1-3-4-10-11(16-13)14-8-15-12(10)17-6-5-9(2)7-17/h8-9H,3-7,13H2,1-2H3,(H,14,15,16). The number of hydrogen-bond acceptors (Lipinski definition) is 5. The summed E-state index contributed by atoms with van der Waals surface area (Å²) in [4.78, 5) is 11.0. The molecule has 2 rings (SSSR count). The Morgan fingerprint density at radius 2 is 2.35 bits per heavy atom. The van der Waals surface area contributed by atoms with Gasteiger partial charge < -0.3 is 10.3 Å². The number of hydrazine groups is 1. The number of aromatic nitrogens is 2. The maximum absolute atomic E-state index is 5.52. The zero-order valence-electron chi connectivity index (χ0n) is 10.6. The Bertz CT molecular complexity index is 379. The summed E-state index contributed by atoms with van der Waals surface area (Å²) < 4.78 is 0. The molecule has 1 aromatic heterocycles. The molecule has 0 aliphatic carbocycles. The molecule has 3 N–H and O–H groups in total. The molecule has 0 spiro atoms. The van der Waals surface area contributed by atoms with E-state index in [4.69, 9.17) is 5.84 Å². The lowest BCUT2D eigenvalue weighted by Crippen LogP contribution is -2.23. The first-order valence-corrected chi connectivity index (χ1v) is 6.31. The molecule has 5 nitrogen and oxygen atoms in total. The summed E-state index contributed by atoms with van der Waals surface area (Å²) in [6.45, 7) is 6.60. The van der Waals surface area contributed by atoms with E-state index in [1.807, 2.05) is 0 Å². The second kappa shape index (κ2) is 5.31. The van der Waals surface area contributed by atoms with Gasteiger partial charge in [-0.15, -0.1) is 0 Å². The van der Waals surface area contributed by atoms with Gasteiger partial charge in [0.25, 0.3) is 0 Å². The van der Waals surface area contributed by atoms with E-state index in [1.54, 1.807) is 6.33 Å². The van der Waals surface area contributed by atoms with Crippen LogP contribution in [-0.2, 0) is 6.42 Å². The van der Waals surface area contributed by atoms with Crippen molar-refractivity contribution in [2.45, 2.75) is 33.1 Å². The summed E-state index contributed by atoms with van der Waals surface area (Å²) in [5, 5.41) is 0. The summed E-state index contributed by atoms with van der Waals surface area (Å²) in [7, 11) is 0. The van der Waals surface area contributed by atoms with Gasteiger partial charge in [0.1, 0.15) is 18.0 Å². The Balaban J connectivity index is 2.31. The van der Waals surface area contributed by atoms with Gasteiger partial charge in [-0.3, -0.25) is 0 Å². The average Bonchev–Trinajstić information content (AvgIpc) is 2.76. The van der Waals surface area contributed by atoms with Gasteiger partial charge >= 0.3 is 0 Å². The molecule has 1 saturated heterocycles. The first-order chi connectivity index (χ1) is 8.26. The predicted molar refractivity (Wildman–Crippen MR) is 69.8 cm³/mol. The molecule has 1 atom stereocenters. The van der Waals surface area contributed by atoms with E-state index in [0.717, 1.165) is 49.0 Å². The zero-order chi connectivity index (χ0) is 12.3. The van der Waals surface area contributed by atoms with Crippen LogP contribution in [0.2, 0.25) is 0 Å². The highest BCUT2D eigenvalue weighted by atomic mass is 15.3. The Morgan fingerprint density at radius 3 is 2.94 bits per heavy atom. The molecular weight excluding hydrogens is 214 g/mol. The fraction of sp³-hybridized carbons (Fsp3) is 0.667. The fourth-order valence-corrected chi connectivity index (χ4v) is 2.41. The molecule has 1 aliphatic rings. The van der Waals surface area contributed by atoms with Crippen molar-refractivity contribution < 1.29 is 0 Å². The molecule has 0 aromatic carbocycles. The second-order valence-corrected chi connectivity index (χ2v) is 4.76. The average molecular weight is 235 g/mol. The van der Waals surface area contributed by atoms with Crippen molar-refractivity contribution >= 4 is 11.6 Å². The number of nitrogens with one attached hydrogen (secondary N) is 1. The van der Waals surface area contributed by atoms with Gasteiger partial charge in [-0.1, -0.05) is 20.3 Å². The number of nitrogens with zero attached hydrogens (tertiary/aromatic N) is 3. The van der Waals surface area contributed by atoms with Crippen molar-refractivity contribution in [3.8, 4) is 0 Å². The van der Waals surface area contributed by atoms with Crippen LogP contribution in [0.25, 0.3) is 0 Å². The first kappa shape index (κ1) is 12.1. The molecule has 17 heavy (non-hydrogen) atoms. The van der Waals surface area contributed by atoms with Crippen molar-refractivity contribution in [2.24, 2.45) is 11.8 Å². The minimum atomic E-state index is 0.744. The molecule has 1 unspecified atom stereocenters. The van der Waals surface area contributed by atoms with Crippen LogP contribution in [0.3, 0.4) is 0 Å². The van der Waals surface area contributed by atoms with Gasteiger partial charge in [0, 0.05) is 18.7 Å². The van der Waals surface area contributed by atoms with E-state index < -0.39 is 0 Å². The maximum atomic E-state index is 5.52. The SMILES string of the molecule is CCCc1c(NN)ncnc1N1CCC(C)C1. The van der Waals surface area contributed by atoms with Crippen LogP contribution in [0.1, 0.15) is 32.3 Å². The van der Waals surface area contributed by atoms with Gasteiger partial charge in [0.15, 0.2) is 0 Å². The molecule has 1 fully saturated rings. The third-order valence-corrected chi connectivity index (χ3v) is 3.28. The summed E-state index contributed by atoms with van der Waals surface area (Å²) >= 11 is 0. The number of hydrogen-bond donors (Lipinski definition) is 2. The van der Waals surface area contributed by atoms with Crippen LogP contribution >= 0.6 is 0 Å². The number of nitrogens with two attached hydrogens (primary N) is 1. The summed E-state index contributed by atoms with van der Waals surface area (Å²) in [6, 6.07) is 0. The summed E-state index contributed by atoms with van der Waals surface area (Å²) in [6.07, 6.45) is 4.85. The lowest BCUT2D eigenvalue weighted by molar-refractivity contribution is 0.658. The summed E-state index contributed by atoms with van der Waals surface area (Å²) in [5.74, 6) is 8.08. The summed E-state index contributed by atoms with van der Waals surface area (Å²) in [5.41, 5.74) is 3.82. The highest BCUT2D eigenvalue weighted by Gasteiger charge is 2.23. The number of rotatable bonds is 4. The number of nitrogen functional groups attached to an aromatic ring is 1. The maximum Gasteiger partial charge on any atom is 0.148 e. The van der Waals surface area contributed by atoms with Crippen molar-refractivity contribution in [1.82, 2.24) is 9.97 Å². The van der Waals surface area contributed by atoms with E-state index in [1.165, 1.54) is 6.42 Å². The lowest BCUT2D eigenvalue weighted by atomic mass is 10.1. The molecule has 1 aliphatic heterocycles. The molecule has 0 saturated carbocycles. The minimum Gasteiger partial charge on any atom is -0.356 e. The zero-order valence-corrected chi connectivity index (χ0v) is 10.6. The molecule has 5 heteroatoms. The smallest absolute Gasteiger partial charge is 0.148 e. The van der Waals surface area contributed by atoms with Crippen molar-refractivity contribution in [3.05, 3.63) is 11.9 Å². The molecular formula is C12H21N5. The third-order valence-electron chi connectivity index (χ3n) is 3.28. The highest BCUT2D eigenvalue weighted by molar-refractivity contribution is 5.58. The van der Waals surface area contributed by atoms with E-state index >= 15 is 0 Å². The third kappa shape index (κ3) is 2.49. The molecule has 1 aromatic rings. The van der Waals surface area contributed by atoms with Crippen LogP contribution in [0.5, 0.6) is 0 Å². The van der Waals surface area contributed by atoms with Gasteiger partial charge in [-0.05, 0) is 18.8 Å². The quantitative estimate of drug-likeness (QED) is 0.612. The monoisotopic (exact) mass is 235 g/mol. The van der Waals surface area contributed by atoms with Gasteiger partial charge in [0.2, 0.25) is 0 Å². The van der Waals surface area contributed by atoms with Crippen LogP contribution in [-0.4, -0.2) is 23.1 Å². The van der Waals surface area contributed by atoms with Crippen molar-refractivity contribution in [2.75, 3.05) is 23.4 Å². The van der Waals surface area contributed by atoms with E-state index in [0.29, 0.717) is 0 Å². The molecule has 0 radical (unpaired) electrons. The Hall–Kier alpha value is -1.36. The largest absolute Gasteiger partial charge is 0.356 e. The Morgan fingerprint density at radius 1 is 1.53 bits per heavy atom. The topological polar surface area (TPSA) is 67.1 Å². The highest BCUT2D eigenvalue weighted by Crippen LogP contribution is 2.28. The predicted octanol–water partition coefficient (Wildman–Crippen LogP) is 1.56. The van der Waals surface area contributed by atoms with Crippen LogP contribution < -0.4 is 16.2 Å². The van der Waals surface area contributed by atoms with Crippen molar-refractivity contribution in [3.63, 3.8) is 0 Å². The first-order valence-electron chi connectivity index (χ1n) is 6.31. The van der Waals surface area contributed by atoms with Crippen molar-refractivity contribution in [1.29, 1.82) is 0 Å².